The first-order valence-electron chi connectivity index (χ1n) is 8.54. The Hall–Kier alpha value is -2.97. The van der Waals surface area contributed by atoms with Gasteiger partial charge < -0.3 is 24.8 Å². The van der Waals surface area contributed by atoms with Gasteiger partial charge in [-0.1, -0.05) is 11.6 Å². The molecule has 2 heterocycles. The molecule has 0 bridgehead atoms. The van der Waals surface area contributed by atoms with Crippen LogP contribution in [0.2, 0.25) is 5.02 Å². The molecule has 28 heavy (non-hydrogen) atoms. The summed E-state index contributed by atoms with van der Waals surface area (Å²) in [5.41, 5.74) is 6.23. The molecule has 2 aromatic heterocycles. The van der Waals surface area contributed by atoms with Crippen molar-refractivity contribution in [3.63, 3.8) is 0 Å². The van der Waals surface area contributed by atoms with Gasteiger partial charge in [0.05, 0.1) is 17.1 Å². The number of carbonyl (C=O) groups is 1. The predicted octanol–water partition coefficient (Wildman–Crippen LogP) is 3.02. The third-order valence-corrected chi connectivity index (χ3v) is 4.49. The van der Waals surface area contributed by atoms with Crippen LogP contribution in [0.15, 0.2) is 34.7 Å². The summed E-state index contributed by atoms with van der Waals surface area (Å²) >= 11 is 6.27. The van der Waals surface area contributed by atoms with E-state index in [-0.39, 0.29) is 18.3 Å². The Kier molecular flexibility index (Phi) is 5.62. The van der Waals surface area contributed by atoms with E-state index in [4.69, 9.17) is 31.9 Å². The monoisotopic (exact) mass is 403 g/mol. The Morgan fingerprint density at radius 2 is 1.96 bits per heavy atom. The van der Waals surface area contributed by atoms with Crippen molar-refractivity contribution in [3.05, 3.63) is 52.6 Å². The first kappa shape index (κ1) is 19.8. The van der Waals surface area contributed by atoms with Crippen molar-refractivity contribution in [1.82, 2.24) is 14.8 Å². The highest BCUT2D eigenvalue weighted by Gasteiger charge is 2.19. The number of hydrogen-bond acceptors (Lipinski definition) is 5. The van der Waals surface area contributed by atoms with Gasteiger partial charge in [0, 0.05) is 12.4 Å². The molecular formula is C19H22ClN5O3. The molecule has 0 saturated carbocycles. The lowest BCUT2D eigenvalue weighted by atomic mass is 10.2. The van der Waals surface area contributed by atoms with Crippen LogP contribution in [-0.4, -0.2) is 47.8 Å². The molecule has 9 heteroatoms. The van der Waals surface area contributed by atoms with Crippen LogP contribution >= 0.6 is 11.6 Å². The predicted molar refractivity (Wildman–Crippen MR) is 108 cm³/mol. The lowest BCUT2D eigenvalue weighted by Gasteiger charge is -2.12. The number of rotatable bonds is 6. The quantitative estimate of drug-likeness (QED) is 0.432. The lowest BCUT2D eigenvalue weighted by Crippen LogP contribution is -2.38. The van der Waals surface area contributed by atoms with Crippen LogP contribution in [-0.2, 0) is 13.2 Å². The molecule has 0 radical (unpaired) electrons. The molecule has 1 aromatic carbocycles. The SMILES string of the molecule is CN(C)Cc1ccc(COc2ccc(Cl)c3cc(C(=O)N(C)C(=N)N)[nH]c23)o1. The zero-order chi connectivity index (χ0) is 20.4. The first-order chi connectivity index (χ1) is 13.3. The smallest absolute Gasteiger partial charge is 0.276 e. The van der Waals surface area contributed by atoms with Gasteiger partial charge in [0.1, 0.15) is 29.6 Å². The summed E-state index contributed by atoms with van der Waals surface area (Å²) in [4.78, 5) is 18.5. The van der Waals surface area contributed by atoms with E-state index in [2.05, 4.69) is 4.98 Å². The second kappa shape index (κ2) is 7.95. The molecule has 3 rings (SSSR count). The largest absolute Gasteiger partial charge is 0.483 e. The number of halogens is 1. The van der Waals surface area contributed by atoms with Gasteiger partial charge in [0.25, 0.3) is 5.91 Å². The number of fused-ring (bicyclic) bond motifs is 1. The molecule has 0 unspecified atom stereocenters. The average Bonchev–Trinajstić information content (AvgIpc) is 3.27. The molecule has 8 nitrogen and oxygen atoms in total. The number of nitrogens with one attached hydrogen (secondary N) is 2. The third-order valence-electron chi connectivity index (χ3n) is 4.16. The number of ether oxygens (including phenoxy) is 1. The Bertz CT molecular complexity index is 1020. The highest BCUT2D eigenvalue weighted by atomic mass is 35.5. The van der Waals surface area contributed by atoms with Gasteiger partial charge in [0.15, 0.2) is 5.96 Å². The number of guanidine groups is 1. The van der Waals surface area contributed by atoms with Gasteiger partial charge in [-0.3, -0.25) is 15.1 Å². The maximum absolute atomic E-state index is 12.4. The molecule has 4 N–H and O–H groups in total. The van der Waals surface area contributed by atoms with E-state index >= 15 is 0 Å². The zero-order valence-corrected chi connectivity index (χ0v) is 16.6. The van der Waals surface area contributed by atoms with E-state index in [9.17, 15) is 4.79 Å². The summed E-state index contributed by atoms with van der Waals surface area (Å²) in [7, 11) is 5.37. The maximum Gasteiger partial charge on any atom is 0.276 e. The van der Waals surface area contributed by atoms with Crippen molar-refractivity contribution in [2.45, 2.75) is 13.2 Å². The zero-order valence-electron chi connectivity index (χ0n) is 15.9. The van der Waals surface area contributed by atoms with Crippen molar-refractivity contribution < 1.29 is 13.9 Å². The summed E-state index contributed by atoms with van der Waals surface area (Å²) in [6.07, 6.45) is 0. The molecule has 3 aromatic rings. The van der Waals surface area contributed by atoms with Crippen LogP contribution in [0.25, 0.3) is 10.9 Å². The van der Waals surface area contributed by atoms with E-state index in [1.165, 1.54) is 7.05 Å². The Morgan fingerprint density at radius 3 is 2.64 bits per heavy atom. The third kappa shape index (κ3) is 4.13. The minimum atomic E-state index is -0.440. The number of nitrogens with two attached hydrogens (primary N) is 1. The van der Waals surface area contributed by atoms with Crippen LogP contribution in [0.1, 0.15) is 22.0 Å². The minimum absolute atomic E-state index is 0.236. The second-order valence-electron chi connectivity index (χ2n) is 6.66. The number of nitrogens with zero attached hydrogens (tertiary/aromatic N) is 2. The lowest BCUT2D eigenvalue weighted by molar-refractivity contribution is 0.0864. The molecule has 0 atom stereocenters. The summed E-state index contributed by atoms with van der Waals surface area (Å²) in [5.74, 6) is 1.29. The van der Waals surface area contributed by atoms with Gasteiger partial charge in [-0.15, -0.1) is 0 Å². The van der Waals surface area contributed by atoms with Crippen molar-refractivity contribution in [1.29, 1.82) is 5.41 Å². The summed E-state index contributed by atoms with van der Waals surface area (Å²) < 4.78 is 11.6. The van der Waals surface area contributed by atoms with Crippen molar-refractivity contribution in [2.24, 2.45) is 5.73 Å². The molecule has 0 fully saturated rings. The van der Waals surface area contributed by atoms with Crippen LogP contribution in [0.3, 0.4) is 0 Å². The molecule has 0 aliphatic carbocycles. The van der Waals surface area contributed by atoms with Crippen molar-refractivity contribution >= 4 is 34.4 Å². The van der Waals surface area contributed by atoms with E-state index in [0.29, 0.717) is 34.0 Å². The first-order valence-corrected chi connectivity index (χ1v) is 8.92. The number of hydrogen-bond donors (Lipinski definition) is 3. The van der Waals surface area contributed by atoms with Crippen molar-refractivity contribution in [3.8, 4) is 5.75 Å². The average molecular weight is 404 g/mol. The van der Waals surface area contributed by atoms with Gasteiger partial charge >= 0.3 is 0 Å². The van der Waals surface area contributed by atoms with Crippen LogP contribution < -0.4 is 10.5 Å². The summed E-state index contributed by atoms with van der Waals surface area (Å²) in [6, 6.07) is 8.84. The molecule has 1 amide bonds. The minimum Gasteiger partial charge on any atom is -0.483 e. The fraction of sp³-hybridized carbons (Fsp3) is 0.263. The number of benzene rings is 1. The molecule has 0 spiro atoms. The Labute approximate surface area is 167 Å². The number of furan rings is 1. The molecule has 0 saturated heterocycles. The van der Waals surface area contributed by atoms with Crippen LogP contribution in [0.5, 0.6) is 5.75 Å². The highest BCUT2D eigenvalue weighted by molar-refractivity contribution is 6.35. The molecular weight excluding hydrogens is 382 g/mol. The van der Waals surface area contributed by atoms with E-state index in [0.717, 1.165) is 10.7 Å². The number of aromatic amines is 1. The standard InChI is InChI=1S/C19H22ClN5O3/c1-24(2)9-11-4-5-12(28-11)10-27-16-7-6-14(20)13-8-15(23-17(13)16)18(26)25(3)19(21)22/h4-8,23H,9-10H2,1-3H3,(H3,21,22). The van der Waals surface area contributed by atoms with Gasteiger partial charge in [0.2, 0.25) is 0 Å². The van der Waals surface area contributed by atoms with Gasteiger partial charge in [-0.05, 0) is 44.4 Å². The van der Waals surface area contributed by atoms with Crippen LogP contribution in [0.4, 0.5) is 0 Å². The summed E-state index contributed by atoms with van der Waals surface area (Å²) in [6.45, 7) is 0.941. The fourth-order valence-electron chi connectivity index (χ4n) is 2.73. The second-order valence-corrected chi connectivity index (χ2v) is 7.07. The Morgan fingerprint density at radius 1 is 1.25 bits per heavy atom. The van der Waals surface area contributed by atoms with Gasteiger partial charge in [-0.2, -0.15) is 0 Å². The number of carbonyl (C=O) groups excluding carboxylic acids is 1. The number of aromatic nitrogens is 1. The fourth-order valence-corrected chi connectivity index (χ4v) is 2.94. The van der Waals surface area contributed by atoms with Crippen LogP contribution in [0, 0.1) is 5.41 Å². The van der Waals surface area contributed by atoms with E-state index in [1.807, 2.05) is 31.1 Å². The maximum atomic E-state index is 12.4. The van der Waals surface area contributed by atoms with E-state index < -0.39 is 5.91 Å². The molecule has 0 aliphatic rings. The molecule has 148 valence electrons. The Balaban J connectivity index is 1.83. The van der Waals surface area contributed by atoms with Gasteiger partial charge in [-0.25, -0.2) is 0 Å². The normalized spacial score (nSPS) is 11.2. The topological polar surface area (TPSA) is 112 Å². The van der Waals surface area contributed by atoms with Crippen molar-refractivity contribution in [2.75, 3.05) is 21.1 Å². The number of H-pyrrole nitrogens is 1. The summed E-state index contributed by atoms with van der Waals surface area (Å²) in [5, 5.41) is 8.54. The molecule has 0 aliphatic heterocycles. The number of amides is 1. The highest BCUT2D eigenvalue weighted by Crippen LogP contribution is 2.32. The van der Waals surface area contributed by atoms with E-state index in [1.54, 1.807) is 18.2 Å².